The minimum Gasteiger partial charge on any atom is -0.381 e. The van der Waals surface area contributed by atoms with Crippen LogP contribution in [-0.4, -0.2) is 18.2 Å². The molecule has 98 valence electrons. The van der Waals surface area contributed by atoms with Gasteiger partial charge in [0.1, 0.15) is 6.07 Å². The third-order valence-corrected chi connectivity index (χ3v) is 3.93. The number of rotatable bonds is 3. The first-order valence-electron chi connectivity index (χ1n) is 5.91. The molecule has 0 spiro atoms. The summed E-state index contributed by atoms with van der Waals surface area (Å²) in [4.78, 5) is 11.9. The molecule has 1 aromatic carbocycles. The zero-order valence-electron chi connectivity index (χ0n) is 10.7. The molecule has 1 heterocycles. The van der Waals surface area contributed by atoms with Crippen molar-refractivity contribution in [2.45, 2.75) is 23.8 Å². The van der Waals surface area contributed by atoms with Gasteiger partial charge >= 0.3 is 0 Å². The highest BCUT2D eigenvalue weighted by Gasteiger charge is 2.25. The number of primary amides is 1. The smallest absolute Gasteiger partial charge is 0.219 e. The van der Waals surface area contributed by atoms with Crippen molar-refractivity contribution in [3.8, 4) is 6.07 Å². The first-order valence-corrected chi connectivity index (χ1v) is 7.13. The maximum Gasteiger partial charge on any atom is 0.219 e. The second-order valence-electron chi connectivity index (χ2n) is 4.50. The number of anilines is 1. The summed E-state index contributed by atoms with van der Waals surface area (Å²) in [6.07, 6.45) is 2.84. The van der Waals surface area contributed by atoms with Crippen molar-refractivity contribution in [3.63, 3.8) is 0 Å². The SMILES string of the molecule is C=C1CC(CC(N)=O)Nc2ccc(SC)c(C#N)c21. The summed E-state index contributed by atoms with van der Waals surface area (Å²) < 4.78 is 0. The van der Waals surface area contributed by atoms with Crippen molar-refractivity contribution in [2.24, 2.45) is 5.73 Å². The van der Waals surface area contributed by atoms with E-state index in [2.05, 4.69) is 18.0 Å². The van der Waals surface area contributed by atoms with Gasteiger partial charge in [-0.1, -0.05) is 6.58 Å². The predicted octanol–water partition coefficient (Wildman–Crippen LogP) is 2.35. The van der Waals surface area contributed by atoms with Gasteiger partial charge in [0, 0.05) is 28.6 Å². The number of carbonyl (C=O) groups is 1. The molecule has 0 radical (unpaired) electrons. The second-order valence-corrected chi connectivity index (χ2v) is 5.34. The maximum atomic E-state index is 11.0. The molecule has 1 amide bonds. The minimum atomic E-state index is -0.338. The summed E-state index contributed by atoms with van der Waals surface area (Å²) in [5, 5.41) is 12.6. The van der Waals surface area contributed by atoms with E-state index in [1.165, 1.54) is 0 Å². The fraction of sp³-hybridized carbons (Fsp3) is 0.286. The molecule has 2 rings (SSSR count). The van der Waals surface area contributed by atoms with Crippen molar-refractivity contribution < 1.29 is 4.79 Å². The highest BCUT2D eigenvalue weighted by atomic mass is 32.2. The van der Waals surface area contributed by atoms with E-state index < -0.39 is 0 Å². The number of benzene rings is 1. The molecule has 4 nitrogen and oxygen atoms in total. The summed E-state index contributed by atoms with van der Waals surface area (Å²) in [6, 6.07) is 6.05. The van der Waals surface area contributed by atoms with Crippen LogP contribution in [0.5, 0.6) is 0 Å². The van der Waals surface area contributed by atoms with Crippen LogP contribution in [0, 0.1) is 11.3 Å². The highest BCUT2D eigenvalue weighted by molar-refractivity contribution is 7.98. The summed E-state index contributed by atoms with van der Waals surface area (Å²) in [6.45, 7) is 4.04. The number of fused-ring (bicyclic) bond motifs is 1. The quantitative estimate of drug-likeness (QED) is 0.829. The number of hydrogen-bond acceptors (Lipinski definition) is 4. The first kappa shape index (κ1) is 13.5. The fourth-order valence-corrected chi connectivity index (χ4v) is 2.94. The van der Waals surface area contributed by atoms with Crippen LogP contribution in [0.3, 0.4) is 0 Å². The lowest BCUT2D eigenvalue weighted by molar-refractivity contribution is -0.118. The number of amides is 1. The van der Waals surface area contributed by atoms with Gasteiger partial charge in [0.25, 0.3) is 0 Å². The van der Waals surface area contributed by atoms with Crippen molar-refractivity contribution in [2.75, 3.05) is 11.6 Å². The Labute approximate surface area is 116 Å². The molecule has 0 aliphatic carbocycles. The van der Waals surface area contributed by atoms with Crippen LogP contribution >= 0.6 is 11.8 Å². The topological polar surface area (TPSA) is 78.9 Å². The Hall–Kier alpha value is -1.93. The van der Waals surface area contributed by atoms with Crippen LogP contribution in [-0.2, 0) is 4.79 Å². The van der Waals surface area contributed by atoms with Gasteiger partial charge < -0.3 is 11.1 Å². The average Bonchev–Trinajstić information content (AvgIpc) is 2.36. The Morgan fingerprint density at radius 2 is 2.42 bits per heavy atom. The molecule has 1 unspecified atom stereocenters. The van der Waals surface area contributed by atoms with Gasteiger partial charge in [-0.15, -0.1) is 11.8 Å². The molecular formula is C14H15N3OS. The van der Waals surface area contributed by atoms with E-state index in [0.717, 1.165) is 21.7 Å². The standard InChI is InChI=1S/C14H15N3OS/c1-8-5-9(6-13(16)18)17-11-3-4-12(19-2)10(7-15)14(8)11/h3-4,9,17H,1,5-6H2,2H3,(H2,16,18). The lowest BCUT2D eigenvalue weighted by atomic mass is 9.89. The van der Waals surface area contributed by atoms with E-state index in [4.69, 9.17) is 5.73 Å². The van der Waals surface area contributed by atoms with Crippen LogP contribution in [0.2, 0.25) is 0 Å². The molecular weight excluding hydrogens is 258 g/mol. The molecule has 1 aliphatic rings. The van der Waals surface area contributed by atoms with Gasteiger partial charge in [-0.2, -0.15) is 5.26 Å². The monoisotopic (exact) mass is 273 g/mol. The summed E-state index contributed by atoms with van der Waals surface area (Å²) >= 11 is 1.54. The van der Waals surface area contributed by atoms with E-state index in [-0.39, 0.29) is 18.4 Å². The number of nitrogens with two attached hydrogens (primary N) is 1. The number of thioether (sulfide) groups is 1. The van der Waals surface area contributed by atoms with E-state index in [1.54, 1.807) is 11.8 Å². The average molecular weight is 273 g/mol. The van der Waals surface area contributed by atoms with Crippen LogP contribution in [0.25, 0.3) is 5.57 Å². The van der Waals surface area contributed by atoms with Crippen molar-refractivity contribution >= 4 is 28.9 Å². The zero-order chi connectivity index (χ0) is 14.0. The molecule has 3 N–H and O–H groups in total. The molecule has 0 fully saturated rings. The second kappa shape index (κ2) is 5.37. The van der Waals surface area contributed by atoms with E-state index in [1.807, 2.05) is 18.4 Å². The number of carbonyl (C=O) groups excluding carboxylic acids is 1. The summed E-state index contributed by atoms with van der Waals surface area (Å²) in [7, 11) is 0. The van der Waals surface area contributed by atoms with E-state index >= 15 is 0 Å². The molecule has 5 heteroatoms. The molecule has 19 heavy (non-hydrogen) atoms. The number of nitrogens with one attached hydrogen (secondary N) is 1. The van der Waals surface area contributed by atoms with E-state index in [9.17, 15) is 10.1 Å². The Bertz CT molecular complexity index is 589. The van der Waals surface area contributed by atoms with Gasteiger partial charge in [0.15, 0.2) is 0 Å². The normalized spacial score (nSPS) is 17.3. The van der Waals surface area contributed by atoms with Crippen LogP contribution in [0.15, 0.2) is 23.6 Å². The van der Waals surface area contributed by atoms with Gasteiger partial charge in [0.2, 0.25) is 5.91 Å². The lowest BCUT2D eigenvalue weighted by Crippen LogP contribution is -2.30. The number of nitrogens with zero attached hydrogens (tertiary/aromatic N) is 1. The highest BCUT2D eigenvalue weighted by Crippen LogP contribution is 2.39. The summed E-state index contributed by atoms with van der Waals surface area (Å²) in [5.41, 5.74) is 8.49. The Kier molecular flexibility index (Phi) is 3.82. The molecule has 0 saturated heterocycles. The van der Waals surface area contributed by atoms with Crippen LogP contribution in [0.1, 0.15) is 24.0 Å². The zero-order valence-corrected chi connectivity index (χ0v) is 11.5. The third kappa shape index (κ3) is 2.59. The molecule has 1 aromatic rings. The number of hydrogen-bond donors (Lipinski definition) is 2. The Morgan fingerprint density at radius 1 is 1.68 bits per heavy atom. The van der Waals surface area contributed by atoms with Crippen molar-refractivity contribution in [1.82, 2.24) is 0 Å². The van der Waals surface area contributed by atoms with Gasteiger partial charge in [-0.25, -0.2) is 0 Å². The predicted molar refractivity (Wildman–Crippen MR) is 77.8 cm³/mol. The first-order chi connectivity index (χ1) is 9.06. The van der Waals surface area contributed by atoms with Gasteiger partial charge in [0.05, 0.1) is 5.56 Å². The van der Waals surface area contributed by atoms with Gasteiger partial charge in [-0.3, -0.25) is 4.79 Å². The molecule has 0 saturated carbocycles. The minimum absolute atomic E-state index is 0.0378. The van der Waals surface area contributed by atoms with Crippen molar-refractivity contribution in [1.29, 1.82) is 5.26 Å². The molecule has 1 aliphatic heterocycles. The van der Waals surface area contributed by atoms with E-state index in [0.29, 0.717) is 12.0 Å². The lowest BCUT2D eigenvalue weighted by Gasteiger charge is -2.29. The van der Waals surface area contributed by atoms with Crippen molar-refractivity contribution in [3.05, 3.63) is 29.8 Å². The summed E-state index contributed by atoms with van der Waals surface area (Å²) in [5.74, 6) is -0.338. The molecule has 1 atom stereocenters. The van der Waals surface area contributed by atoms with Crippen LogP contribution in [0.4, 0.5) is 5.69 Å². The largest absolute Gasteiger partial charge is 0.381 e. The molecule has 0 aromatic heterocycles. The van der Waals surface area contributed by atoms with Gasteiger partial charge in [-0.05, 0) is 30.4 Å². The maximum absolute atomic E-state index is 11.0. The Morgan fingerprint density at radius 3 is 3.00 bits per heavy atom. The molecule has 0 bridgehead atoms. The third-order valence-electron chi connectivity index (χ3n) is 3.15. The van der Waals surface area contributed by atoms with Crippen LogP contribution < -0.4 is 11.1 Å². The number of nitriles is 1. The Balaban J connectivity index is 2.43. The fourth-order valence-electron chi connectivity index (χ4n) is 2.39.